The molecule has 28 heavy (non-hydrogen) atoms. The molecule has 0 unspecified atom stereocenters. The number of carbonyl (C=O) groups excluding carboxylic acids is 1. The van der Waals surface area contributed by atoms with Crippen LogP contribution < -0.4 is 10.2 Å². The van der Waals surface area contributed by atoms with Crippen molar-refractivity contribution in [1.29, 1.82) is 0 Å². The second kappa shape index (κ2) is 8.86. The Balaban J connectivity index is 1.42. The number of carbonyl (C=O) groups is 1. The fraction of sp³-hybridized carbons (Fsp3) is 0.333. The van der Waals surface area contributed by atoms with Crippen LogP contribution in [0.15, 0.2) is 41.8 Å². The summed E-state index contributed by atoms with van der Waals surface area (Å²) in [5.41, 5.74) is 2.96. The first-order chi connectivity index (χ1) is 13.7. The van der Waals surface area contributed by atoms with Crippen LogP contribution in [0.5, 0.6) is 0 Å². The normalized spacial score (nSPS) is 14.2. The van der Waals surface area contributed by atoms with E-state index in [1.54, 1.807) is 22.7 Å². The summed E-state index contributed by atoms with van der Waals surface area (Å²) in [7, 11) is 0. The maximum absolute atomic E-state index is 12.7. The van der Waals surface area contributed by atoms with Crippen LogP contribution in [0.2, 0.25) is 0 Å². The van der Waals surface area contributed by atoms with Crippen LogP contribution in [0.4, 0.5) is 11.4 Å². The van der Waals surface area contributed by atoms with Gasteiger partial charge in [-0.15, -0.1) is 22.7 Å². The van der Waals surface area contributed by atoms with Crippen molar-refractivity contribution in [2.24, 2.45) is 0 Å². The molecule has 1 aliphatic heterocycles. The lowest BCUT2D eigenvalue weighted by Crippen LogP contribution is -2.36. The molecule has 2 aromatic heterocycles. The van der Waals surface area contributed by atoms with Crippen molar-refractivity contribution in [1.82, 2.24) is 4.98 Å². The van der Waals surface area contributed by atoms with E-state index in [2.05, 4.69) is 32.7 Å². The molecular formula is C21H23N3O2S2. The molecule has 0 atom stereocenters. The number of hydrogen-bond acceptors (Lipinski definition) is 6. The van der Waals surface area contributed by atoms with Gasteiger partial charge in [0.05, 0.1) is 40.2 Å². The SMILES string of the molecule is Cc1nc(-c2cccs2)c(CCC(=O)Nc2ccccc2N2CCOCC2)s1. The highest BCUT2D eigenvalue weighted by Crippen LogP contribution is 2.32. The summed E-state index contributed by atoms with van der Waals surface area (Å²) in [6.45, 7) is 5.15. The lowest BCUT2D eigenvalue weighted by Gasteiger charge is -2.30. The second-order valence-corrected chi connectivity index (χ2v) is 8.88. The summed E-state index contributed by atoms with van der Waals surface area (Å²) in [6.07, 6.45) is 1.14. The molecular weight excluding hydrogens is 390 g/mol. The van der Waals surface area contributed by atoms with Gasteiger partial charge >= 0.3 is 0 Å². The van der Waals surface area contributed by atoms with Crippen LogP contribution in [0.25, 0.3) is 10.6 Å². The van der Waals surface area contributed by atoms with Crippen molar-refractivity contribution in [2.45, 2.75) is 19.8 Å². The highest BCUT2D eigenvalue weighted by atomic mass is 32.1. The van der Waals surface area contributed by atoms with Gasteiger partial charge in [0.15, 0.2) is 0 Å². The molecule has 0 saturated carbocycles. The van der Waals surface area contributed by atoms with E-state index >= 15 is 0 Å². The van der Waals surface area contributed by atoms with Crippen molar-refractivity contribution in [3.8, 4) is 10.6 Å². The highest BCUT2D eigenvalue weighted by Gasteiger charge is 2.17. The van der Waals surface area contributed by atoms with Crippen LogP contribution in [0.3, 0.4) is 0 Å². The molecule has 0 aliphatic carbocycles. The Kier molecular flexibility index (Phi) is 6.04. The number of ether oxygens (including phenoxy) is 1. The number of aromatic nitrogens is 1. The van der Waals surface area contributed by atoms with Crippen molar-refractivity contribution < 1.29 is 9.53 Å². The maximum atomic E-state index is 12.7. The van der Waals surface area contributed by atoms with Crippen LogP contribution in [-0.4, -0.2) is 37.2 Å². The number of nitrogens with one attached hydrogen (secondary N) is 1. The number of benzene rings is 1. The Labute approximate surface area is 173 Å². The molecule has 0 radical (unpaired) electrons. The molecule has 1 aromatic carbocycles. The van der Waals surface area contributed by atoms with Gasteiger partial charge in [0.1, 0.15) is 0 Å². The van der Waals surface area contributed by atoms with E-state index < -0.39 is 0 Å². The first-order valence-corrected chi connectivity index (χ1v) is 11.1. The minimum Gasteiger partial charge on any atom is -0.378 e. The smallest absolute Gasteiger partial charge is 0.224 e. The van der Waals surface area contributed by atoms with E-state index in [1.165, 1.54) is 4.88 Å². The molecule has 1 N–H and O–H groups in total. The van der Waals surface area contributed by atoms with Gasteiger partial charge < -0.3 is 15.0 Å². The van der Waals surface area contributed by atoms with E-state index in [-0.39, 0.29) is 5.91 Å². The van der Waals surface area contributed by atoms with Crippen LogP contribution in [-0.2, 0) is 16.0 Å². The number of hydrogen-bond donors (Lipinski definition) is 1. The summed E-state index contributed by atoms with van der Waals surface area (Å²) in [5, 5.41) is 6.20. The summed E-state index contributed by atoms with van der Waals surface area (Å²) in [5.74, 6) is 0.0314. The van der Waals surface area contributed by atoms with Gasteiger partial charge in [0.2, 0.25) is 5.91 Å². The topological polar surface area (TPSA) is 54.5 Å². The largest absolute Gasteiger partial charge is 0.378 e. The van der Waals surface area contributed by atoms with E-state index in [0.29, 0.717) is 12.8 Å². The standard InChI is InChI=1S/C21H23N3O2S2/c1-15-22-21(18-7-4-14-27-18)19(28-15)8-9-20(25)23-16-5-2-3-6-17(16)24-10-12-26-13-11-24/h2-7,14H,8-13H2,1H3,(H,23,25). The fourth-order valence-corrected chi connectivity index (χ4v) is 5.10. The molecule has 3 aromatic rings. The number of rotatable bonds is 6. The summed E-state index contributed by atoms with van der Waals surface area (Å²) in [6, 6.07) is 12.1. The number of para-hydroxylation sites is 2. The Morgan fingerprint density at radius 3 is 2.82 bits per heavy atom. The summed E-state index contributed by atoms with van der Waals surface area (Å²) < 4.78 is 5.44. The molecule has 0 spiro atoms. The zero-order chi connectivity index (χ0) is 19.3. The lowest BCUT2D eigenvalue weighted by atomic mass is 10.2. The quantitative estimate of drug-likeness (QED) is 0.642. The minimum absolute atomic E-state index is 0.0314. The number of amides is 1. The molecule has 5 nitrogen and oxygen atoms in total. The lowest BCUT2D eigenvalue weighted by molar-refractivity contribution is -0.116. The van der Waals surface area contributed by atoms with Crippen LogP contribution in [0, 0.1) is 6.92 Å². The fourth-order valence-electron chi connectivity index (χ4n) is 3.34. The summed E-state index contributed by atoms with van der Waals surface area (Å²) in [4.78, 5) is 21.9. The van der Waals surface area contributed by atoms with Gasteiger partial charge in [-0.2, -0.15) is 0 Å². The predicted molar refractivity (Wildman–Crippen MR) is 117 cm³/mol. The van der Waals surface area contributed by atoms with E-state index in [1.807, 2.05) is 31.2 Å². The van der Waals surface area contributed by atoms with Gasteiger partial charge in [-0.3, -0.25) is 4.79 Å². The number of thiophene rings is 1. The minimum atomic E-state index is 0.0314. The molecule has 1 saturated heterocycles. The average Bonchev–Trinajstić information content (AvgIpc) is 3.37. The van der Waals surface area contributed by atoms with Gasteiger partial charge in [-0.1, -0.05) is 18.2 Å². The molecule has 1 fully saturated rings. The predicted octanol–water partition coefficient (Wildman–Crippen LogP) is 4.59. The second-order valence-electron chi connectivity index (χ2n) is 6.65. The Hall–Kier alpha value is -2.22. The Morgan fingerprint density at radius 2 is 2.04 bits per heavy atom. The van der Waals surface area contributed by atoms with Gasteiger partial charge in [-0.25, -0.2) is 4.98 Å². The monoisotopic (exact) mass is 413 g/mol. The van der Waals surface area contributed by atoms with E-state index in [4.69, 9.17) is 4.74 Å². The van der Waals surface area contributed by atoms with Gasteiger partial charge in [0, 0.05) is 24.4 Å². The Morgan fingerprint density at radius 1 is 1.21 bits per heavy atom. The zero-order valence-electron chi connectivity index (χ0n) is 15.8. The summed E-state index contributed by atoms with van der Waals surface area (Å²) >= 11 is 3.37. The first kappa shape index (κ1) is 19.1. The third-order valence-corrected chi connectivity index (χ3v) is 6.58. The van der Waals surface area contributed by atoms with Gasteiger partial charge in [0.25, 0.3) is 0 Å². The van der Waals surface area contributed by atoms with E-state index in [9.17, 15) is 4.79 Å². The van der Waals surface area contributed by atoms with Crippen molar-refractivity contribution in [3.63, 3.8) is 0 Å². The molecule has 0 bridgehead atoms. The van der Waals surface area contributed by atoms with E-state index in [0.717, 1.165) is 53.3 Å². The van der Waals surface area contributed by atoms with Crippen molar-refractivity contribution in [2.75, 3.05) is 36.5 Å². The highest BCUT2D eigenvalue weighted by molar-refractivity contribution is 7.15. The molecule has 146 valence electrons. The molecule has 4 rings (SSSR count). The third kappa shape index (κ3) is 4.43. The zero-order valence-corrected chi connectivity index (χ0v) is 17.4. The number of nitrogens with zero attached hydrogens (tertiary/aromatic N) is 2. The number of aryl methyl sites for hydroxylation is 2. The number of anilines is 2. The molecule has 1 amide bonds. The third-order valence-electron chi connectivity index (χ3n) is 4.67. The number of morpholine rings is 1. The average molecular weight is 414 g/mol. The molecule has 3 heterocycles. The maximum Gasteiger partial charge on any atom is 0.224 e. The molecule has 1 aliphatic rings. The van der Waals surface area contributed by atoms with Crippen molar-refractivity contribution in [3.05, 3.63) is 51.7 Å². The van der Waals surface area contributed by atoms with Crippen molar-refractivity contribution >= 4 is 40.0 Å². The van der Waals surface area contributed by atoms with Gasteiger partial charge in [-0.05, 0) is 36.9 Å². The van der Waals surface area contributed by atoms with Crippen LogP contribution >= 0.6 is 22.7 Å². The van der Waals surface area contributed by atoms with Crippen LogP contribution in [0.1, 0.15) is 16.3 Å². The first-order valence-electron chi connectivity index (χ1n) is 9.42. The molecule has 7 heteroatoms. The Bertz CT molecular complexity index is 931. The number of thiazole rings is 1.